The fourth-order valence-electron chi connectivity index (χ4n) is 1.47. The topological polar surface area (TPSA) is 44.1 Å². The highest BCUT2D eigenvalue weighted by atomic mass is 16.4. The molecule has 0 amide bonds. The third-order valence-corrected chi connectivity index (χ3v) is 2.10. The van der Waals surface area contributed by atoms with Crippen molar-refractivity contribution >= 4 is 17.0 Å². The van der Waals surface area contributed by atoms with Gasteiger partial charge in [0.15, 0.2) is 5.88 Å². The number of nitrogens with zero attached hydrogens (tertiary/aromatic N) is 1. The van der Waals surface area contributed by atoms with Crippen LogP contribution >= 0.6 is 0 Å². The minimum absolute atomic E-state index is 0.0338. The molecule has 0 bridgehead atoms. The van der Waals surface area contributed by atoms with E-state index >= 15 is 0 Å². The summed E-state index contributed by atoms with van der Waals surface area (Å²) in [6, 6.07) is 3.86. The normalized spacial score (nSPS) is 12.5. The van der Waals surface area contributed by atoms with Crippen molar-refractivity contribution in [2.24, 2.45) is 0 Å². The minimum atomic E-state index is 0.0338. The zero-order chi connectivity index (χ0) is 9.64. The molecule has 2 aromatic rings. The number of fused-ring (bicyclic) bond motifs is 1. The van der Waals surface area contributed by atoms with Gasteiger partial charge in [0.1, 0.15) is 0 Å². The van der Waals surface area contributed by atoms with Crippen LogP contribution in [-0.4, -0.2) is 4.57 Å². The molecular weight excluding hydrogens is 164 g/mol. The number of hydrogen-bond donors (Lipinski definition) is 1. The first-order chi connectivity index (χ1) is 5.98. The summed E-state index contributed by atoms with van der Waals surface area (Å²) in [5, 5.41) is 1.06. The molecule has 0 unspecified atom stereocenters. The van der Waals surface area contributed by atoms with Crippen molar-refractivity contribution < 1.29 is 4.42 Å². The van der Waals surface area contributed by atoms with Crippen LogP contribution in [0.4, 0.5) is 5.88 Å². The Morgan fingerprint density at radius 1 is 1.38 bits per heavy atom. The molecule has 0 aliphatic carbocycles. The molecule has 2 heterocycles. The molecule has 2 rings (SSSR count). The van der Waals surface area contributed by atoms with Gasteiger partial charge in [-0.15, -0.1) is 0 Å². The SMILES string of the molecule is CC(C)(C)n1ccc2cc(N)oc21. The van der Waals surface area contributed by atoms with Crippen LogP contribution in [0.2, 0.25) is 0 Å². The van der Waals surface area contributed by atoms with E-state index < -0.39 is 0 Å². The van der Waals surface area contributed by atoms with E-state index in [-0.39, 0.29) is 5.54 Å². The summed E-state index contributed by atoms with van der Waals surface area (Å²) in [4.78, 5) is 0. The average molecular weight is 178 g/mol. The van der Waals surface area contributed by atoms with E-state index in [4.69, 9.17) is 10.2 Å². The highest BCUT2D eigenvalue weighted by Gasteiger charge is 2.17. The van der Waals surface area contributed by atoms with Crippen LogP contribution in [0.5, 0.6) is 0 Å². The largest absolute Gasteiger partial charge is 0.424 e. The van der Waals surface area contributed by atoms with Crippen molar-refractivity contribution in [2.75, 3.05) is 5.73 Å². The summed E-state index contributed by atoms with van der Waals surface area (Å²) in [6.07, 6.45) is 2.02. The molecule has 3 heteroatoms. The predicted octanol–water partition coefficient (Wildman–Crippen LogP) is 2.57. The number of rotatable bonds is 0. The van der Waals surface area contributed by atoms with E-state index in [0.717, 1.165) is 11.1 Å². The van der Waals surface area contributed by atoms with Gasteiger partial charge in [-0.25, -0.2) is 0 Å². The standard InChI is InChI=1S/C10H14N2O/c1-10(2,3)12-5-4-7-6-8(11)13-9(7)12/h4-6H,11H2,1-3H3. The Balaban J connectivity index is 2.70. The molecule has 2 N–H and O–H groups in total. The number of hydrogen-bond acceptors (Lipinski definition) is 2. The van der Waals surface area contributed by atoms with E-state index in [1.807, 2.05) is 18.3 Å². The van der Waals surface area contributed by atoms with Crippen molar-refractivity contribution in [3.05, 3.63) is 18.3 Å². The minimum Gasteiger partial charge on any atom is -0.424 e. The van der Waals surface area contributed by atoms with Gasteiger partial charge in [-0.2, -0.15) is 0 Å². The fourth-order valence-corrected chi connectivity index (χ4v) is 1.47. The van der Waals surface area contributed by atoms with Crippen LogP contribution in [0, 0.1) is 0 Å². The lowest BCUT2D eigenvalue weighted by Gasteiger charge is -2.20. The molecule has 0 saturated heterocycles. The first kappa shape index (κ1) is 8.23. The van der Waals surface area contributed by atoms with E-state index in [2.05, 4.69) is 25.3 Å². The predicted molar refractivity (Wildman–Crippen MR) is 53.6 cm³/mol. The lowest BCUT2D eigenvalue weighted by molar-refractivity contribution is 0.390. The smallest absolute Gasteiger partial charge is 0.209 e. The van der Waals surface area contributed by atoms with Crippen LogP contribution < -0.4 is 5.73 Å². The Bertz CT molecular complexity index is 431. The second kappa shape index (κ2) is 2.31. The Kier molecular flexibility index (Phi) is 1.46. The maximum absolute atomic E-state index is 5.57. The van der Waals surface area contributed by atoms with E-state index in [0.29, 0.717) is 5.88 Å². The van der Waals surface area contributed by atoms with Crippen molar-refractivity contribution in [1.29, 1.82) is 0 Å². The monoisotopic (exact) mass is 178 g/mol. The molecule has 0 saturated carbocycles. The summed E-state index contributed by atoms with van der Waals surface area (Å²) < 4.78 is 7.49. The summed E-state index contributed by atoms with van der Waals surface area (Å²) in [5.74, 6) is 0.476. The van der Waals surface area contributed by atoms with Gasteiger partial charge in [-0.3, -0.25) is 0 Å². The van der Waals surface area contributed by atoms with Crippen molar-refractivity contribution in [2.45, 2.75) is 26.3 Å². The van der Waals surface area contributed by atoms with Crippen LogP contribution in [0.1, 0.15) is 20.8 Å². The molecule has 0 aliphatic heterocycles. The fraction of sp³-hybridized carbons (Fsp3) is 0.400. The molecule has 0 fully saturated rings. The van der Waals surface area contributed by atoms with Crippen LogP contribution in [-0.2, 0) is 5.54 Å². The van der Waals surface area contributed by atoms with Gasteiger partial charge in [0.25, 0.3) is 0 Å². The first-order valence-corrected chi connectivity index (χ1v) is 4.35. The van der Waals surface area contributed by atoms with Gasteiger partial charge >= 0.3 is 0 Å². The molecule has 0 spiro atoms. The average Bonchev–Trinajstić information content (AvgIpc) is 2.41. The van der Waals surface area contributed by atoms with E-state index in [9.17, 15) is 0 Å². The number of nitrogens with two attached hydrogens (primary N) is 1. The molecule has 13 heavy (non-hydrogen) atoms. The van der Waals surface area contributed by atoms with Gasteiger partial charge in [-0.1, -0.05) is 0 Å². The van der Waals surface area contributed by atoms with Gasteiger partial charge in [-0.05, 0) is 26.8 Å². The highest BCUT2D eigenvalue weighted by molar-refractivity contribution is 5.78. The number of furan rings is 1. The van der Waals surface area contributed by atoms with Crippen LogP contribution in [0.3, 0.4) is 0 Å². The lowest BCUT2D eigenvalue weighted by atomic mass is 10.1. The lowest BCUT2D eigenvalue weighted by Crippen LogP contribution is -2.20. The summed E-state index contributed by atoms with van der Waals surface area (Å²) in [7, 11) is 0. The van der Waals surface area contributed by atoms with Gasteiger partial charge in [0.05, 0.1) is 0 Å². The maximum atomic E-state index is 5.57. The van der Waals surface area contributed by atoms with Crippen molar-refractivity contribution in [3.8, 4) is 0 Å². The summed E-state index contributed by atoms with van der Waals surface area (Å²) >= 11 is 0. The number of nitrogen functional groups attached to an aromatic ring is 1. The molecule has 0 atom stereocenters. The number of aromatic nitrogens is 1. The third kappa shape index (κ3) is 1.20. The molecule has 2 aromatic heterocycles. The molecule has 0 radical (unpaired) electrons. The zero-order valence-corrected chi connectivity index (χ0v) is 8.16. The number of anilines is 1. The third-order valence-electron chi connectivity index (χ3n) is 2.10. The van der Waals surface area contributed by atoms with Crippen LogP contribution in [0.25, 0.3) is 11.1 Å². The Morgan fingerprint density at radius 3 is 2.69 bits per heavy atom. The molecule has 70 valence electrons. The summed E-state index contributed by atoms with van der Waals surface area (Å²) in [5.41, 5.74) is 6.45. The second-order valence-corrected chi connectivity index (χ2v) is 4.27. The van der Waals surface area contributed by atoms with E-state index in [1.165, 1.54) is 0 Å². The molecule has 0 aromatic carbocycles. The Labute approximate surface area is 77.1 Å². The Morgan fingerprint density at radius 2 is 2.08 bits per heavy atom. The van der Waals surface area contributed by atoms with Crippen molar-refractivity contribution in [3.63, 3.8) is 0 Å². The van der Waals surface area contributed by atoms with Crippen LogP contribution in [0.15, 0.2) is 22.7 Å². The van der Waals surface area contributed by atoms with Crippen molar-refractivity contribution in [1.82, 2.24) is 4.57 Å². The first-order valence-electron chi connectivity index (χ1n) is 4.35. The Hall–Kier alpha value is -1.38. The second-order valence-electron chi connectivity index (χ2n) is 4.27. The molecular formula is C10H14N2O. The van der Waals surface area contributed by atoms with Gasteiger partial charge in [0, 0.05) is 23.2 Å². The summed E-state index contributed by atoms with van der Waals surface area (Å²) in [6.45, 7) is 6.39. The molecule has 3 nitrogen and oxygen atoms in total. The zero-order valence-electron chi connectivity index (χ0n) is 8.16. The van der Waals surface area contributed by atoms with Gasteiger partial charge in [0.2, 0.25) is 5.71 Å². The van der Waals surface area contributed by atoms with Gasteiger partial charge < -0.3 is 14.7 Å². The quantitative estimate of drug-likeness (QED) is 0.673. The van der Waals surface area contributed by atoms with E-state index in [1.54, 1.807) is 0 Å². The molecule has 0 aliphatic rings. The highest BCUT2D eigenvalue weighted by Crippen LogP contribution is 2.27. The maximum Gasteiger partial charge on any atom is 0.209 e.